The van der Waals surface area contributed by atoms with Crippen molar-refractivity contribution in [1.82, 2.24) is 20.1 Å². The number of likely N-dealkylation sites (tertiary alicyclic amines) is 2. The van der Waals surface area contributed by atoms with Crippen LogP contribution in [0.25, 0.3) is 10.9 Å². The van der Waals surface area contributed by atoms with Gasteiger partial charge in [-0.3, -0.25) is 9.59 Å². The summed E-state index contributed by atoms with van der Waals surface area (Å²) >= 11 is 0. The molecule has 1 aromatic carbocycles. The number of aromatic amines is 1. The quantitative estimate of drug-likeness (QED) is 0.690. The Balaban J connectivity index is 0.00000306. The molecule has 2 fully saturated rings. The first-order valence-electron chi connectivity index (χ1n) is 12.0. The van der Waals surface area contributed by atoms with E-state index >= 15 is 0 Å². The molecule has 0 radical (unpaired) electrons. The first-order chi connectivity index (χ1) is 15.5. The highest BCUT2D eigenvalue weighted by molar-refractivity contribution is 6.00. The molecule has 1 atom stereocenters. The third-order valence-electron chi connectivity index (χ3n) is 6.99. The van der Waals surface area contributed by atoms with E-state index in [2.05, 4.69) is 22.2 Å². The molecular weight excluding hydrogens is 428 g/mol. The zero-order valence-electron chi connectivity index (χ0n) is 19.7. The number of methoxy groups -OCH3 is 1. The van der Waals surface area contributed by atoms with Gasteiger partial charge in [0.05, 0.1) is 7.98 Å². The Labute approximate surface area is 197 Å². The highest BCUT2D eigenvalue weighted by atomic mass is 35.5. The number of aromatic nitrogens is 1. The fourth-order valence-corrected chi connectivity index (χ4v) is 5.03. The maximum absolute atomic E-state index is 13.2. The zero-order valence-corrected chi connectivity index (χ0v) is 19.5. The number of halogens is 1. The van der Waals surface area contributed by atoms with Crippen LogP contribution in [0.15, 0.2) is 30.5 Å². The Morgan fingerprint density at radius 2 is 1.84 bits per heavy atom. The lowest BCUT2D eigenvalue weighted by atomic mass is 9.79. The Morgan fingerprint density at radius 1 is 1.16 bits per heavy atom. The van der Waals surface area contributed by atoms with Crippen molar-refractivity contribution in [2.45, 2.75) is 31.7 Å². The van der Waals surface area contributed by atoms with Gasteiger partial charge in [-0.05, 0) is 81.2 Å². The predicted molar refractivity (Wildman–Crippen MR) is 128 cm³/mol. The lowest BCUT2D eigenvalue weighted by molar-refractivity contribution is -0.136. The summed E-state index contributed by atoms with van der Waals surface area (Å²) in [7, 11) is 1.94. The predicted octanol–water partition coefficient (Wildman–Crippen LogP) is 2.91. The van der Waals surface area contributed by atoms with E-state index < -0.39 is 6.04 Å². The molecule has 176 valence electrons. The maximum atomic E-state index is 13.2. The van der Waals surface area contributed by atoms with Crippen LogP contribution in [0.3, 0.4) is 0 Å². The van der Waals surface area contributed by atoms with Crippen molar-refractivity contribution in [3.63, 3.8) is 0 Å². The first kappa shape index (κ1) is 23.1. The SMILES string of the molecule is Cl.[2H]COC[C@H](NC(=O)c1ccc2cc[nH]c2c1)C(=O)N1CCC(C2CCN(C)CC2)CC1. The van der Waals surface area contributed by atoms with Crippen LogP contribution in [0.2, 0.25) is 0 Å². The van der Waals surface area contributed by atoms with Crippen molar-refractivity contribution in [3.05, 3.63) is 36.0 Å². The van der Waals surface area contributed by atoms with Crippen LogP contribution in [-0.4, -0.2) is 79.6 Å². The minimum atomic E-state index is -0.785. The number of carbonyl (C=O) groups is 2. The third-order valence-corrected chi connectivity index (χ3v) is 6.99. The van der Waals surface area contributed by atoms with Crippen molar-refractivity contribution in [2.75, 3.05) is 46.9 Å². The Bertz CT molecular complexity index is 923. The molecule has 0 saturated carbocycles. The van der Waals surface area contributed by atoms with E-state index in [1.54, 1.807) is 12.1 Å². The number of fused-ring (bicyclic) bond motifs is 1. The van der Waals surface area contributed by atoms with Gasteiger partial charge >= 0.3 is 0 Å². The average molecular weight is 464 g/mol. The largest absolute Gasteiger partial charge is 0.382 e. The van der Waals surface area contributed by atoms with E-state index in [9.17, 15) is 9.59 Å². The fraction of sp³-hybridized carbons (Fsp3) is 0.583. The minimum absolute atomic E-state index is 0. The van der Waals surface area contributed by atoms with Crippen LogP contribution < -0.4 is 5.32 Å². The molecule has 32 heavy (non-hydrogen) atoms. The van der Waals surface area contributed by atoms with Gasteiger partial charge in [-0.15, -0.1) is 12.4 Å². The summed E-state index contributed by atoms with van der Waals surface area (Å²) in [6, 6.07) is 6.58. The highest BCUT2D eigenvalue weighted by Gasteiger charge is 2.33. The van der Waals surface area contributed by atoms with E-state index in [1.165, 1.54) is 12.8 Å². The number of hydrogen-bond donors (Lipinski definition) is 2. The number of nitrogens with zero attached hydrogens (tertiary/aromatic N) is 2. The third kappa shape index (κ3) is 5.63. The zero-order chi connectivity index (χ0) is 22.5. The fourth-order valence-electron chi connectivity index (χ4n) is 5.03. The Morgan fingerprint density at radius 3 is 2.53 bits per heavy atom. The van der Waals surface area contributed by atoms with Gasteiger partial charge in [0.15, 0.2) is 0 Å². The number of amides is 2. The lowest BCUT2D eigenvalue weighted by Crippen LogP contribution is -2.53. The van der Waals surface area contributed by atoms with Gasteiger partial charge in [-0.1, -0.05) is 6.07 Å². The summed E-state index contributed by atoms with van der Waals surface area (Å²) in [5, 5.41) is 3.87. The molecule has 2 saturated heterocycles. The normalized spacial score (nSPS) is 19.9. The molecule has 1 aromatic heterocycles. The Kier molecular flexibility index (Phi) is 8.05. The van der Waals surface area contributed by atoms with Gasteiger partial charge in [0.1, 0.15) is 6.04 Å². The summed E-state index contributed by atoms with van der Waals surface area (Å²) in [4.78, 5) is 33.4. The van der Waals surface area contributed by atoms with Gasteiger partial charge in [-0.2, -0.15) is 0 Å². The number of piperidine rings is 2. The van der Waals surface area contributed by atoms with Crippen LogP contribution in [0, 0.1) is 11.8 Å². The van der Waals surface area contributed by atoms with Crippen LogP contribution >= 0.6 is 12.4 Å². The molecule has 3 heterocycles. The monoisotopic (exact) mass is 463 g/mol. The molecule has 2 aliphatic heterocycles. The van der Waals surface area contributed by atoms with Crippen molar-refractivity contribution in [2.24, 2.45) is 11.8 Å². The van der Waals surface area contributed by atoms with Gasteiger partial charge in [-0.25, -0.2) is 0 Å². The molecule has 2 aromatic rings. The summed E-state index contributed by atoms with van der Waals surface area (Å²) in [5.74, 6) is 1.01. The van der Waals surface area contributed by atoms with E-state index in [0.29, 0.717) is 11.5 Å². The molecule has 2 aliphatic rings. The molecule has 0 spiro atoms. The molecule has 0 aliphatic carbocycles. The number of H-pyrrole nitrogens is 1. The second-order valence-electron chi connectivity index (χ2n) is 8.98. The summed E-state index contributed by atoms with van der Waals surface area (Å²) < 4.78 is 12.5. The second kappa shape index (κ2) is 11.2. The van der Waals surface area contributed by atoms with Crippen molar-refractivity contribution in [1.29, 1.82) is 0 Å². The molecule has 0 bridgehead atoms. The topological polar surface area (TPSA) is 77.7 Å². The van der Waals surface area contributed by atoms with Crippen LogP contribution in [-0.2, 0) is 9.53 Å². The number of nitrogens with one attached hydrogen (secondary N) is 2. The van der Waals surface area contributed by atoms with Crippen LogP contribution in [0.4, 0.5) is 0 Å². The summed E-state index contributed by atoms with van der Waals surface area (Å²) in [5.41, 5.74) is 1.36. The van der Waals surface area contributed by atoms with Gasteiger partial charge in [0, 0.05) is 37.5 Å². The summed E-state index contributed by atoms with van der Waals surface area (Å²) in [6.45, 7) is 3.77. The number of benzene rings is 1. The maximum Gasteiger partial charge on any atom is 0.252 e. The van der Waals surface area contributed by atoms with E-state index in [1.807, 2.05) is 23.2 Å². The number of ether oxygens (including phenoxy) is 1. The van der Waals surface area contributed by atoms with Crippen molar-refractivity contribution in [3.8, 4) is 0 Å². The highest BCUT2D eigenvalue weighted by Crippen LogP contribution is 2.32. The number of carbonyl (C=O) groups excluding carboxylic acids is 2. The van der Waals surface area contributed by atoms with Crippen LogP contribution in [0.1, 0.15) is 37.4 Å². The number of rotatable bonds is 6. The smallest absolute Gasteiger partial charge is 0.252 e. The van der Waals surface area contributed by atoms with Crippen LogP contribution in [0.5, 0.6) is 0 Å². The molecule has 4 rings (SSSR count). The Hall–Kier alpha value is -2.09. The summed E-state index contributed by atoms with van der Waals surface area (Å²) in [6.07, 6.45) is 6.36. The molecule has 8 heteroatoms. The van der Waals surface area contributed by atoms with E-state index in [0.717, 1.165) is 55.8 Å². The van der Waals surface area contributed by atoms with Crippen molar-refractivity contribution < 1.29 is 15.7 Å². The minimum Gasteiger partial charge on any atom is -0.382 e. The van der Waals surface area contributed by atoms with Crippen molar-refractivity contribution >= 4 is 35.1 Å². The molecule has 2 amide bonds. The standard InChI is InChI=1S/C24H34N4O3.ClH/c1-27-11-6-17(7-12-27)18-8-13-28(14-9-18)24(30)22(16-31-2)26-23(29)20-4-3-19-5-10-25-21(19)15-20;/h3-5,10,15,17-18,22,25H,6-9,11-14,16H2,1-2H3,(H,26,29);1H/t22-;/m0./s1/i2D;. The van der Waals surface area contributed by atoms with Gasteiger partial charge in [0.2, 0.25) is 5.91 Å². The average Bonchev–Trinajstić information content (AvgIpc) is 3.30. The first-order valence-corrected chi connectivity index (χ1v) is 11.3. The second-order valence-corrected chi connectivity index (χ2v) is 8.98. The van der Waals surface area contributed by atoms with E-state index in [-0.39, 0.29) is 37.9 Å². The molecular formula is C24H35ClN4O3. The van der Waals surface area contributed by atoms with Gasteiger partial charge < -0.3 is 24.8 Å². The van der Waals surface area contributed by atoms with Gasteiger partial charge in [0.25, 0.3) is 5.91 Å². The number of hydrogen-bond acceptors (Lipinski definition) is 4. The lowest BCUT2D eigenvalue weighted by Gasteiger charge is -2.40. The molecule has 0 unspecified atom stereocenters. The molecule has 7 nitrogen and oxygen atoms in total. The molecule has 2 N–H and O–H groups in total. The van der Waals surface area contributed by atoms with E-state index in [4.69, 9.17) is 6.11 Å².